The molecule has 0 saturated heterocycles. The van der Waals surface area contributed by atoms with Gasteiger partial charge in [-0.05, 0) is 46.9 Å². The molecule has 64 valence electrons. The number of hydrogen-bond donors (Lipinski definition) is 0. The van der Waals surface area contributed by atoms with Gasteiger partial charge >= 0.3 is 6.16 Å². The molecule has 0 fully saturated rings. The van der Waals surface area contributed by atoms with Gasteiger partial charge in [-0.2, -0.15) is 0 Å². The second kappa shape index (κ2) is 3.84. The molecule has 1 aromatic carbocycles. The van der Waals surface area contributed by atoms with Crippen molar-refractivity contribution in [1.82, 2.24) is 0 Å². The van der Waals surface area contributed by atoms with Crippen molar-refractivity contribution in [2.24, 2.45) is 0 Å². The first-order valence-corrected chi connectivity index (χ1v) is 4.38. The molecule has 0 aliphatic rings. The van der Waals surface area contributed by atoms with E-state index in [0.717, 1.165) is 8.47 Å². The van der Waals surface area contributed by atoms with E-state index in [1.165, 1.54) is 7.05 Å². The number of carbonyl (C=O) groups excluding carboxylic acids is 1. The fourth-order valence-electron chi connectivity index (χ4n) is 0.766. The van der Waals surface area contributed by atoms with Gasteiger partial charge in [0.05, 0.1) is 0 Å². The summed E-state index contributed by atoms with van der Waals surface area (Å²) in [5.41, 5.74) is 0.558. The van der Waals surface area contributed by atoms with Crippen LogP contribution in [0.1, 0.15) is 0 Å². The van der Waals surface area contributed by atoms with Gasteiger partial charge in [0.15, 0.2) is 0 Å². The molecule has 0 aliphatic heterocycles. The molecular weight excluding hydrogens is 272 g/mol. The SMILES string of the molecule is CN(C(=O)F)c1ccc(I)cc1. The Labute approximate surface area is 83.5 Å². The van der Waals surface area contributed by atoms with E-state index < -0.39 is 6.16 Å². The minimum absolute atomic E-state index is 0.558. The predicted octanol–water partition coefficient (Wildman–Crippen LogP) is 2.82. The van der Waals surface area contributed by atoms with Crippen molar-refractivity contribution in [1.29, 1.82) is 0 Å². The highest BCUT2D eigenvalue weighted by molar-refractivity contribution is 14.1. The van der Waals surface area contributed by atoms with Gasteiger partial charge in [-0.15, -0.1) is 4.39 Å². The van der Waals surface area contributed by atoms with E-state index in [1.54, 1.807) is 12.1 Å². The third kappa shape index (κ3) is 2.17. The number of halogens is 2. The Morgan fingerprint density at radius 2 is 1.92 bits per heavy atom. The normalized spacial score (nSPS) is 9.58. The highest BCUT2D eigenvalue weighted by atomic mass is 127. The van der Waals surface area contributed by atoms with E-state index in [2.05, 4.69) is 22.6 Å². The van der Waals surface area contributed by atoms with Crippen LogP contribution < -0.4 is 4.90 Å². The van der Waals surface area contributed by atoms with Gasteiger partial charge in [0.2, 0.25) is 0 Å². The molecule has 0 heterocycles. The number of anilines is 1. The molecule has 1 amide bonds. The molecule has 0 unspecified atom stereocenters. The number of benzene rings is 1. The summed E-state index contributed by atoms with van der Waals surface area (Å²) in [5.74, 6) is 0. The van der Waals surface area contributed by atoms with Crippen LogP contribution in [-0.2, 0) is 0 Å². The quantitative estimate of drug-likeness (QED) is 0.440. The molecule has 2 nitrogen and oxygen atoms in total. The molecule has 0 aliphatic carbocycles. The van der Waals surface area contributed by atoms with Crippen molar-refractivity contribution in [3.05, 3.63) is 27.8 Å². The van der Waals surface area contributed by atoms with Crippen LogP contribution in [0, 0.1) is 3.57 Å². The lowest BCUT2D eigenvalue weighted by Gasteiger charge is -2.11. The van der Waals surface area contributed by atoms with Crippen molar-refractivity contribution in [2.45, 2.75) is 0 Å². The molecule has 1 aromatic rings. The third-order valence-corrected chi connectivity index (χ3v) is 2.20. The van der Waals surface area contributed by atoms with Crippen LogP contribution in [-0.4, -0.2) is 13.2 Å². The van der Waals surface area contributed by atoms with Crippen LogP contribution in [0.5, 0.6) is 0 Å². The van der Waals surface area contributed by atoms with Crippen LogP contribution in [0.25, 0.3) is 0 Å². The summed E-state index contributed by atoms with van der Waals surface area (Å²) in [4.78, 5) is 11.2. The Bertz CT molecular complexity index is 286. The molecule has 0 bridgehead atoms. The molecule has 0 atom stereocenters. The molecule has 1 rings (SSSR count). The van der Waals surface area contributed by atoms with E-state index in [9.17, 15) is 9.18 Å². The van der Waals surface area contributed by atoms with Crippen LogP contribution in [0.3, 0.4) is 0 Å². The topological polar surface area (TPSA) is 20.3 Å². The lowest BCUT2D eigenvalue weighted by molar-refractivity contribution is 0.229. The molecule has 0 spiro atoms. The van der Waals surface area contributed by atoms with Gasteiger partial charge in [-0.25, -0.2) is 4.79 Å². The second-order valence-electron chi connectivity index (χ2n) is 2.29. The van der Waals surface area contributed by atoms with E-state index in [1.807, 2.05) is 12.1 Å². The summed E-state index contributed by atoms with van der Waals surface area (Å²) >= 11 is 2.14. The minimum atomic E-state index is -1.45. The van der Waals surface area contributed by atoms with E-state index >= 15 is 0 Å². The Kier molecular flexibility index (Phi) is 3.02. The maximum absolute atomic E-state index is 12.2. The number of rotatable bonds is 1. The van der Waals surface area contributed by atoms with E-state index in [4.69, 9.17) is 0 Å². The van der Waals surface area contributed by atoms with Crippen molar-refractivity contribution < 1.29 is 9.18 Å². The van der Waals surface area contributed by atoms with Gasteiger partial charge in [-0.1, -0.05) is 0 Å². The lowest BCUT2D eigenvalue weighted by Crippen LogP contribution is -2.19. The van der Waals surface area contributed by atoms with Gasteiger partial charge in [0.1, 0.15) is 0 Å². The Hall–Kier alpha value is -0.650. The maximum Gasteiger partial charge on any atom is 0.404 e. The molecular formula is C8H7FINO. The first-order valence-electron chi connectivity index (χ1n) is 3.30. The average Bonchev–Trinajstić information content (AvgIpc) is 2.04. The number of carbonyl (C=O) groups is 1. The number of hydrogen-bond acceptors (Lipinski definition) is 1. The molecule has 4 heteroatoms. The lowest BCUT2D eigenvalue weighted by atomic mass is 10.3. The summed E-state index contributed by atoms with van der Waals surface area (Å²) in [5, 5.41) is 0. The van der Waals surface area contributed by atoms with Gasteiger partial charge in [0, 0.05) is 16.3 Å². The average molecular weight is 279 g/mol. The zero-order valence-corrected chi connectivity index (χ0v) is 8.58. The summed E-state index contributed by atoms with van der Waals surface area (Å²) in [6.07, 6.45) is -1.45. The van der Waals surface area contributed by atoms with Crippen LogP contribution in [0.15, 0.2) is 24.3 Å². The highest BCUT2D eigenvalue weighted by Crippen LogP contribution is 2.15. The molecule has 12 heavy (non-hydrogen) atoms. The summed E-state index contributed by atoms with van der Waals surface area (Å²) in [7, 11) is 1.39. The van der Waals surface area contributed by atoms with E-state index in [0.29, 0.717) is 5.69 Å². The van der Waals surface area contributed by atoms with Crippen LogP contribution >= 0.6 is 22.6 Å². The smallest absolute Gasteiger partial charge is 0.287 e. The summed E-state index contributed by atoms with van der Waals surface area (Å²) < 4.78 is 13.2. The third-order valence-electron chi connectivity index (χ3n) is 1.48. The van der Waals surface area contributed by atoms with Gasteiger partial charge in [0.25, 0.3) is 0 Å². The summed E-state index contributed by atoms with van der Waals surface area (Å²) in [6.45, 7) is 0. The maximum atomic E-state index is 12.2. The molecule has 0 saturated carbocycles. The minimum Gasteiger partial charge on any atom is -0.287 e. The monoisotopic (exact) mass is 279 g/mol. The predicted molar refractivity (Wildman–Crippen MR) is 54.1 cm³/mol. The Balaban J connectivity index is 2.89. The van der Waals surface area contributed by atoms with Crippen molar-refractivity contribution >= 4 is 34.4 Å². The fraction of sp³-hybridized carbons (Fsp3) is 0.125. The van der Waals surface area contributed by atoms with Gasteiger partial charge in [-0.3, -0.25) is 4.90 Å². The molecule has 0 radical (unpaired) electrons. The number of nitrogens with zero attached hydrogens (tertiary/aromatic N) is 1. The summed E-state index contributed by atoms with van der Waals surface area (Å²) in [6, 6.07) is 7.02. The first-order chi connectivity index (χ1) is 5.61. The highest BCUT2D eigenvalue weighted by Gasteiger charge is 2.07. The van der Waals surface area contributed by atoms with E-state index in [-0.39, 0.29) is 0 Å². The standard InChI is InChI=1S/C8H7FINO/c1-11(8(9)12)7-4-2-6(10)3-5-7/h2-5H,1H3. The Morgan fingerprint density at radius 1 is 1.42 bits per heavy atom. The Morgan fingerprint density at radius 3 is 2.33 bits per heavy atom. The van der Waals surface area contributed by atoms with Crippen LogP contribution in [0.4, 0.5) is 14.9 Å². The zero-order chi connectivity index (χ0) is 9.14. The second-order valence-corrected chi connectivity index (χ2v) is 3.53. The first kappa shape index (κ1) is 9.44. The van der Waals surface area contributed by atoms with Crippen molar-refractivity contribution in [2.75, 3.05) is 11.9 Å². The zero-order valence-electron chi connectivity index (χ0n) is 6.42. The largest absolute Gasteiger partial charge is 0.404 e. The van der Waals surface area contributed by atoms with Crippen LogP contribution in [0.2, 0.25) is 0 Å². The van der Waals surface area contributed by atoms with Gasteiger partial charge < -0.3 is 0 Å². The molecule has 0 aromatic heterocycles. The van der Waals surface area contributed by atoms with Crippen molar-refractivity contribution in [3.8, 4) is 0 Å². The fourth-order valence-corrected chi connectivity index (χ4v) is 1.13. The van der Waals surface area contributed by atoms with Crippen molar-refractivity contribution in [3.63, 3.8) is 0 Å². The molecule has 0 N–H and O–H groups in total. The number of amides is 1.